The summed E-state index contributed by atoms with van der Waals surface area (Å²) >= 11 is 0. The summed E-state index contributed by atoms with van der Waals surface area (Å²) in [4.78, 5) is 38.7. The predicted molar refractivity (Wildman–Crippen MR) is 87.7 cm³/mol. The van der Waals surface area contributed by atoms with Crippen molar-refractivity contribution in [2.45, 2.75) is 13.3 Å². The fraction of sp³-hybridized carbons (Fsp3) is 0.625. The molecule has 1 aromatic rings. The molecule has 2 aliphatic rings. The van der Waals surface area contributed by atoms with Gasteiger partial charge in [0.1, 0.15) is 0 Å². The van der Waals surface area contributed by atoms with Gasteiger partial charge in [-0.05, 0) is 6.92 Å². The summed E-state index contributed by atoms with van der Waals surface area (Å²) in [5.74, 6) is 1.12. The van der Waals surface area contributed by atoms with Gasteiger partial charge < -0.3 is 19.4 Å². The Morgan fingerprint density at radius 3 is 2.71 bits per heavy atom. The second kappa shape index (κ2) is 7.02. The zero-order valence-corrected chi connectivity index (χ0v) is 14.1. The first-order valence-corrected chi connectivity index (χ1v) is 8.31. The van der Waals surface area contributed by atoms with Gasteiger partial charge in [0.05, 0.1) is 13.0 Å². The van der Waals surface area contributed by atoms with Crippen molar-refractivity contribution in [3.8, 4) is 5.88 Å². The van der Waals surface area contributed by atoms with Gasteiger partial charge >= 0.3 is 0 Å². The first-order chi connectivity index (χ1) is 11.6. The summed E-state index contributed by atoms with van der Waals surface area (Å²) in [5, 5.41) is 0. The van der Waals surface area contributed by atoms with Crippen LogP contribution in [0.3, 0.4) is 0 Å². The highest BCUT2D eigenvalue weighted by Gasteiger charge is 2.36. The van der Waals surface area contributed by atoms with Crippen LogP contribution in [0.5, 0.6) is 5.88 Å². The smallest absolute Gasteiger partial charge is 0.228 e. The van der Waals surface area contributed by atoms with Crippen molar-refractivity contribution in [1.29, 1.82) is 0 Å². The summed E-state index contributed by atoms with van der Waals surface area (Å²) in [5.41, 5.74) is 0. The van der Waals surface area contributed by atoms with Gasteiger partial charge in [0.15, 0.2) is 0 Å². The second-order valence-corrected chi connectivity index (χ2v) is 6.04. The Morgan fingerprint density at radius 2 is 2.08 bits per heavy atom. The molecule has 0 aromatic carbocycles. The number of carbonyl (C=O) groups is 2. The molecule has 0 N–H and O–H groups in total. The Kier molecular flexibility index (Phi) is 4.82. The summed E-state index contributed by atoms with van der Waals surface area (Å²) < 4.78 is 5.12. The standard InChI is InChI=1S/C16H23N5O3/c1-3-19-11-12(10-14(19)22)15(23)20-6-8-21(9-7-20)16-17-5-4-13(18-16)24-2/h4-5,12H,3,6-11H2,1-2H3/t12-/m0/s1. The zero-order valence-electron chi connectivity index (χ0n) is 14.1. The fourth-order valence-electron chi connectivity index (χ4n) is 3.23. The largest absolute Gasteiger partial charge is 0.481 e. The van der Waals surface area contributed by atoms with Crippen molar-refractivity contribution in [3.05, 3.63) is 12.3 Å². The van der Waals surface area contributed by atoms with E-state index in [1.54, 1.807) is 24.3 Å². The Labute approximate surface area is 141 Å². The summed E-state index contributed by atoms with van der Waals surface area (Å²) in [6.07, 6.45) is 2.01. The molecule has 2 amide bonds. The zero-order chi connectivity index (χ0) is 17.1. The molecule has 0 spiro atoms. The van der Waals surface area contributed by atoms with Gasteiger partial charge in [0.25, 0.3) is 0 Å². The maximum Gasteiger partial charge on any atom is 0.228 e. The summed E-state index contributed by atoms with van der Waals surface area (Å²) in [7, 11) is 1.57. The van der Waals surface area contributed by atoms with E-state index < -0.39 is 0 Å². The van der Waals surface area contributed by atoms with E-state index in [-0.39, 0.29) is 17.7 Å². The van der Waals surface area contributed by atoms with Gasteiger partial charge in [-0.2, -0.15) is 4.98 Å². The maximum absolute atomic E-state index is 12.6. The Bertz CT molecular complexity index is 615. The van der Waals surface area contributed by atoms with E-state index in [2.05, 4.69) is 9.97 Å². The first-order valence-electron chi connectivity index (χ1n) is 8.31. The van der Waals surface area contributed by atoms with Gasteiger partial charge in [0, 0.05) is 58.0 Å². The van der Waals surface area contributed by atoms with Gasteiger partial charge in [-0.25, -0.2) is 4.98 Å². The van der Waals surface area contributed by atoms with Crippen molar-refractivity contribution in [2.75, 3.05) is 51.3 Å². The predicted octanol–water partition coefficient (Wildman–Crippen LogP) is 0.00220. The lowest BCUT2D eigenvalue weighted by atomic mass is 10.1. The van der Waals surface area contributed by atoms with Crippen LogP contribution in [0, 0.1) is 5.92 Å². The molecule has 0 radical (unpaired) electrons. The number of aromatic nitrogens is 2. The molecule has 8 nitrogen and oxygen atoms in total. The van der Waals surface area contributed by atoms with E-state index in [1.165, 1.54) is 0 Å². The van der Waals surface area contributed by atoms with Gasteiger partial charge in [0.2, 0.25) is 23.6 Å². The number of carbonyl (C=O) groups excluding carboxylic acids is 2. The molecule has 2 aliphatic heterocycles. The fourth-order valence-corrected chi connectivity index (χ4v) is 3.23. The van der Waals surface area contributed by atoms with Crippen molar-refractivity contribution >= 4 is 17.8 Å². The molecule has 0 aliphatic carbocycles. The molecule has 130 valence electrons. The minimum Gasteiger partial charge on any atom is -0.481 e. The molecule has 2 fully saturated rings. The molecular formula is C16H23N5O3. The topological polar surface area (TPSA) is 78.9 Å². The van der Waals surface area contributed by atoms with Crippen LogP contribution < -0.4 is 9.64 Å². The van der Waals surface area contributed by atoms with Crippen molar-refractivity contribution in [3.63, 3.8) is 0 Å². The molecule has 2 saturated heterocycles. The quantitative estimate of drug-likeness (QED) is 0.772. The molecule has 3 rings (SSSR count). The number of likely N-dealkylation sites (tertiary alicyclic amines) is 1. The number of nitrogens with zero attached hydrogens (tertiary/aromatic N) is 5. The highest BCUT2D eigenvalue weighted by Crippen LogP contribution is 2.21. The number of hydrogen-bond donors (Lipinski definition) is 0. The third-order valence-corrected chi connectivity index (χ3v) is 4.65. The monoisotopic (exact) mass is 333 g/mol. The molecule has 1 atom stereocenters. The van der Waals surface area contributed by atoms with Crippen molar-refractivity contribution in [2.24, 2.45) is 5.92 Å². The average Bonchev–Trinajstić information content (AvgIpc) is 3.02. The van der Waals surface area contributed by atoms with Crippen LogP contribution in [0.2, 0.25) is 0 Å². The highest BCUT2D eigenvalue weighted by atomic mass is 16.5. The summed E-state index contributed by atoms with van der Waals surface area (Å²) in [6.45, 7) is 5.76. The maximum atomic E-state index is 12.6. The van der Waals surface area contributed by atoms with Crippen LogP contribution in [-0.2, 0) is 9.59 Å². The average molecular weight is 333 g/mol. The minimum atomic E-state index is -0.197. The normalized spacial score (nSPS) is 21.3. The van der Waals surface area contributed by atoms with Crippen LogP contribution in [0.25, 0.3) is 0 Å². The molecular weight excluding hydrogens is 310 g/mol. The lowest BCUT2D eigenvalue weighted by Crippen LogP contribution is -2.51. The second-order valence-electron chi connectivity index (χ2n) is 6.04. The highest BCUT2D eigenvalue weighted by molar-refractivity contribution is 5.89. The number of hydrogen-bond acceptors (Lipinski definition) is 6. The lowest BCUT2D eigenvalue weighted by Gasteiger charge is -2.35. The molecule has 0 saturated carbocycles. The number of amides is 2. The van der Waals surface area contributed by atoms with Crippen LogP contribution >= 0.6 is 0 Å². The summed E-state index contributed by atoms with van der Waals surface area (Å²) in [6, 6.07) is 1.71. The third kappa shape index (κ3) is 3.27. The van der Waals surface area contributed by atoms with Gasteiger partial charge in [-0.3, -0.25) is 9.59 Å². The van der Waals surface area contributed by atoms with Crippen LogP contribution in [0.15, 0.2) is 12.3 Å². The lowest BCUT2D eigenvalue weighted by molar-refractivity contribution is -0.136. The van der Waals surface area contributed by atoms with Crippen LogP contribution in [-0.4, -0.2) is 78.0 Å². The van der Waals surface area contributed by atoms with Crippen LogP contribution in [0.1, 0.15) is 13.3 Å². The molecule has 0 unspecified atom stereocenters. The Morgan fingerprint density at radius 1 is 1.33 bits per heavy atom. The van der Waals surface area contributed by atoms with Gasteiger partial charge in [-0.15, -0.1) is 0 Å². The molecule has 3 heterocycles. The molecule has 8 heteroatoms. The molecule has 0 bridgehead atoms. The number of piperazine rings is 1. The van der Waals surface area contributed by atoms with E-state index in [9.17, 15) is 9.59 Å². The Balaban J connectivity index is 1.57. The van der Waals surface area contributed by atoms with E-state index in [0.29, 0.717) is 57.5 Å². The SMILES string of the molecule is CCN1C[C@@H](C(=O)N2CCN(c3nccc(OC)n3)CC2)CC1=O. The number of anilines is 1. The van der Waals surface area contributed by atoms with Gasteiger partial charge in [-0.1, -0.05) is 0 Å². The number of methoxy groups -OCH3 is 1. The van der Waals surface area contributed by atoms with Crippen molar-refractivity contribution < 1.29 is 14.3 Å². The van der Waals surface area contributed by atoms with E-state index in [1.807, 2.05) is 16.7 Å². The first kappa shape index (κ1) is 16.5. The van der Waals surface area contributed by atoms with E-state index in [4.69, 9.17) is 4.74 Å². The minimum absolute atomic E-state index is 0.0827. The van der Waals surface area contributed by atoms with Crippen molar-refractivity contribution in [1.82, 2.24) is 19.8 Å². The number of ether oxygens (including phenoxy) is 1. The molecule has 24 heavy (non-hydrogen) atoms. The van der Waals surface area contributed by atoms with Crippen LogP contribution in [0.4, 0.5) is 5.95 Å². The van der Waals surface area contributed by atoms with E-state index >= 15 is 0 Å². The third-order valence-electron chi connectivity index (χ3n) is 4.65. The van der Waals surface area contributed by atoms with E-state index in [0.717, 1.165) is 0 Å². The number of rotatable bonds is 4. The molecule has 1 aromatic heterocycles. The Hall–Kier alpha value is -2.38.